The molecule has 2 unspecified atom stereocenters. The molecule has 0 aromatic carbocycles. The van der Waals surface area contributed by atoms with E-state index in [0.717, 1.165) is 38.9 Å². The van der Waals surface area contributed by atoms with Crippen molar-refractivity contribution < 1.29 is 4.79 Å². The summed E-state index contributed by atoms with van der Waals surface area (Å²) in [5, 5.41) is 6.48. The summed E-state index contributed by atoms with van der Waals surface area (Å²) in [6.45, 7) is 3.05. The minimum absolute atomic E-state index is 0.224. The van der Waals surface area contributed by atoms with Crippen LogP contribution in [0.4, 0.5) is 0 Å². The summed E-state index contributed by atoms with van der Waals surface area (Å²) in [7, 11) is 0. The first kappa shape index (κ1) is 11.6. The van der Waals surface area contributed by atoms with E-state index in [2.05, 4.69) is 22.8 Å². The van der Waals surface area contributed by atoms with Gasteiger partial charge in [-0.2, -0.15) is 0 Å². The number of carbonyl (C=O) groups excluding carboxylic acids is 1. The van der Waals surface area contributed by atoms with Crippen LogP contribution in [0.3, 0.4) is 0 Å². The predicted molar refractivity (Wildman–Crippen MR) is 65.1 cm³/mol. The minimum Gasteiger partial charge on any atom is -0.356 e. The van der Waals surface area contributed by atoms with Gasteiger partial charge in [-0.3, -0.25) is 4.79 Å². The van der Waals surface area contributed by atoms with E-state index in [1.807, 2.05) is 0 Å². The molecule has 0 bridgehead atoms. The number of nitrogens with one attached hydrogen (secondary N) is 2. The Bertz CT molecular complexity index is 257. The van der Waals surface area contributed by atoms with Gasteiger partial charge in [-0.25, -0.2) is 0 Å². The zero-order valence-electron chi connectivity index (χ0n) is 9.87. The Hall–Kier alpha value is -0.830. The van der Waals surface area contributed by atoms with Crippen molar-refractivity contribution in [2.24, 2.45) is 11.8 Å². The van der Waals surface area contributed by atoms with Crippen molar-refractivity contribution in [2.75, 3.05) is 19.6 Å². The van der Waals surface area contributed by atoms with Gasteiger partial charge in [0.2, 0.25) is 5.91 Å². The highest BCUT2D eigenvalue weighted by Gasteiger charge is 2.20. The molecule has 1 saturated heterocycles. The molecular weight excluding hydrogens is 200 g/mol. The highest BCUT2D eigenvalue weighted by Crippen LogP contribution is 2.18. The van der Waals surface area contributed by atoms with Gasteiger partial charge >= 0.3 is 0 Å². The predicted octanol–water partition coefficient (Wildman–Crippen LogP) is 1.46. The van der Waals surface area contributed by atoms with Gasteiger partial charge in [-0.05, 0) is 51.1 Å². The van der Waals surface area contributed by atoms with Gasteiger partial charge in [0, 0.05) is 12.5 Å². The van der Waals surface area contributed by atoms with E-state index in [1.54, 1.807) is 0 Å². The summed E-state index contributed by atoms with van der Waals surface area (Å²) in [5.41, 5.74) is 0. The van der Waals surface area contributed by atoms with Crippen LogP contribution < -0.4 is 10.6 Å². The lowest BCUT2D eigenvalue weighted by molar-refractivity contribution is -0.125. The van der Waals surface area contributed by atoms with Crippen LogP contribution in [0.25, 0.3) is 0 Å². The van der Waals surface area contributed by atoms with Crippen molar-refractivity contribution in [3.05, 3.63) is 12.2 Å². The van der Waals surface area contributed by atoms with Gasteiger partial charge in [0.05, 0.1) is 0 Å². The van der Waals surface area contributed by atoms with Gasteiger partial charge in [0.25, 0.3) is 0 Å². The molecule has 3 nitrogen and oxygen atoms in total. The maximum atomic E-state index is 11.9. The smallest absolute Gasteiger partial charge is 0.223 e. The number of rotatable bonds is 3. The van der Waals surface area contributed by atoms with Gasteiger partial charge in [0.15, 0.2) is 0 Å². The second kappa shape index (κ2) is 6.04. The number of allylic oxidation sites excluding steroid dienone is 2. The highest BCUT2D eigenvalue weighted by molar-refractivity contribution is 5.78. The Kier molecular flexibility index (Phi) is 4.40. The largest absolute Gasteiger partial charge is 0.356 e. The van der Waals surface area contributed by atoms with Crippen LogP contribution in [0, 0.1) is 11.8 Å². The van der Waals surface area contributed by atoms with Crippen LogP contribution in [0.15, 0.2) is 12.2 Å². The lowest BCUT2D eigenvalue weighted by Gasteiger charge is -2.24. The first-order valence-corrected chi connectivity index (χ1v) is 6.49. The number of carbonyl (C=O) groups is 1. The van der Waals surface area contributed by atoms with Crippen LogP contribution in [0.5, 0.6) is 0 Å². The molecule has 0 radical (unpaired) electrons. The molecule has 16 heavy (non-hydrogen) atoms. The van der Waals surface area contributed by atoms with Crippen LogP contribution in [-0.4, -0.2) is 25.5 Å². The Morgan fingerprint density at radius 1 is 1.38 bits per heavy atom. The Labute approximate surface area is 97.7 Å². The fraction of sp³-hybridized carbons (Fsp3) is 0.769. The third-order valence-corrected chi connectivity index (χ3v) is 3.60. The minimum atomic E-state index is 0.224. The first-order valence-electron chi connectivity index (χ1n) is 6.49. The average molecular weight is 222 g/mol. The molecule has 2 atom stereocenters. The molecule has 0 spiro atoms. The first-order chi connectivity index (χ1) is 7.86. The second-order valence-corrected chi connectivity index (χ2v) is 4.94. The standard InChI is InChI=1S/C13H22N2O/c16-13(12-6-2-1-3-7-12)15-10-11-5-4-8-14-9-11/h1-2,11-12,14H,3-10H2,(H,15,16). The normalized spacial score (nSPS) is 30.0. The average Bonchev–Trinajstić information content (AvgIpc) is 2.38. The number of piperidine rings is 1. The van der Waals surface area contributed by atoms with E-state index in [0.29, 0.717) is 5.92 Å². The fourth-order valence-corrected chi connectivity index (χ4v) is 2.52. The lowest BCUT2D eigenvalue weighted by atomic mass is 9.93. The van der Waals surface area contributed by atoms with Crippen LogP contribution >= 0.6 is 0 Å². The van der Waals surface area contributed by atoms with Gasteiger partial charge in [-0.15, -0.1) is 0 Å². The van der Waals surface area contributed by atoms with Crippen LogP contribution in [-0.2, 0) is 4.79 Å². The number of amides is 1. The van der Waals surface area contributed by atoms with Crippen molar-refractivity contribution in [3.8, 4) is 0 Å². The topological polar surface area (TPSA) is 41.1 Å². The zero-order chi connectivity index (χ0) is 11.2. The summed E-state index contributed by atoms with van der Waals surface area (Å²) in [5.74, 6) is 1.12. The van der Waals surface area contributed by atoms with E-state index >= 15 is 0 Å². The molecule has 1 aliphatic carbocycles. The summed E-state index contributed by atoms with van der Waals surface area (Å²) in [6.07, 6.45) is 9.80. The molecule has 1 aliphatic heterocycles. The van der Waals surface area contributed by atoms with E-state index in [9.17, 15) is 4.79 Å². The molecule has 1 fully saturated rings. The summed E-state index contributed by atoms with van der Waals surface area (Å²) in [6, 6.07) is 0. The zero-order valence-corrected chi connectivity index (χ0v) is 9.87. The van der Waals surface area contributed by atoms with Crippen LogP contribution in [0.2, 0.25) is 0 Å². The summed E-state index contributed by atoms with van der Waals surface area (Å²) < 4.78 is 0. The third-order valence-electron chi connectivity index (χ3n) is 3.60. The number of hydrogen-bond acceptors (Lipinski definition) is 2. The molecule has 1 heterocycles. The maximum Gasteiger partial charge on any atom is 0.223 e. The highest BCUT2D eigenvalue weighted by atomic mass is 16.1. The molecule has 0 saturated carbocycles. The van der Waals surface area contributed by atoms with Crippen LogP contribution in [0.1, 0.15) is 32.1 Å². The molecule has 90 valence electrons. The van der Waals surface area contributed by atoms with Crippen molar-refractivity contribution >= 4 is 5.91 Å². The third kappa shape index (κ3) is 3.34. The number of hydrogen-bond donors (Lipinski definition) is 2. The monoisotopic (exact) mass is 222 g/mol. The summed E-state index contributed by atoms with van der Waals surface area (Å²) in [4.78, 5) is 11.9. The van der Waals surface area contributed by atoms with E-state index < -0.39 is 0 Å². The van der Waals surface area contributed by atoms with Gasteiger partial charge in [0.1, 0.15) is 0 Å². The van der Waals surface area contributed by atoms with Gasteiger partial charge in [-0.1, -0.05) is 12.2 Å². The van der Waals surface area contributed by atoms with E-state index in [-0.39, 0.29) is 11.8 Å². The second-order valence-electron chi connectivity index (χ2n) is 4.94. The van der Waals surface area contributed by atoms with Crippen molar-refractivity contribution in [1.29, 1.82) is 0 Å². The molecule has 0 aromatic heterocycles. The quantitative estimate of drug-likeness (QED) is 0.710. The van der Waals surface area contributed by atoms with Gasteiger partial charge < -0.3 is 10.6 Å². The fourth-order valence-electron chi connectivity index (χ4n) is 2.52. The SMILES string of the molecule is O=C(NCC1CCCNC1)C1CC=CCC1. The Balaban J connectivity index is 1.68. The molecule has 2 N–H and O–H groups in total. The molecule has 2 aliphatic rings. The Morgan fingerprint density at radius 2 is 2.31 bits per heavy atom. The van der Waals surface area contributed by atoms with E-state index in [1.165, 1.54) is 12.8 Å². The molecule has 0 aromatic rings. The summed E-state index contributed by atoms with van der Waals surface area (Å²) >= 11 is 0. The maximum absolute atomic E-state index is 11.9. The molecule has 3 heteroatoms. The van der Waals surface area contributed by atoms with Crippen molar-refractivity contribution in [1.82, 2.24) is 10.6 Å². The molecule has 1 amide bonds. The van der Waals surface area contributed by atoms with Crippen molar-refractivity contribution in [2.45, 2.75) is 32.1 Å². The molecular formula is C13H22N2O. The van der Waals surface area contributed by atoms with E-state index in [4.69, 9.17) is 0 Å². The molecule has 2 rings (SSSR count). The lowest BCUT2D eigenvalue weighted by Crippen LogP contribution is -2.40. The Morgan fingerprint density at radius 3 is 3.00 bits per heavy atom. The van der Waals surface area contributed by atoms with Crippen molar-refractivity contribution in [3.63, 3.8) is 0 Å².